The Morgan fingerprint density at radius 1 is 0.968 bits per heavy atom. The van der Waals surface area contributed by atoms with Crippen LogP contribution < -0.4 is 20.7 Å². The van der Waals surface area contributed by atoms with Crippen molar-refractivity contribution in [3.05, 3.63) is 76.5 Å². The normalized spacial score (nSPS) is 10.2. The van der Waals surface area contributed by atoms with E-state index in [0.29, 0.717) is 41.2 Å². The zero-order valence-corrected chi connectivity index (χ0v) is 17.8. The fourth-order valence-corrected chi connectivity index (χ4v) is 3.48. The Bertz CT molecular complexity index is 1050. The standard InChI is InChI=1S/C23H23N3O4S/c1-30-18-7-4-6-17(14-18)25-23(29)19-8-2-3-9-20(19)26-21(27)10-5-12-24-22(28)16-11-13-31-15-16/h2-4,6-9,11,13-15H,5,10,12H2,1H3,(H,24,28)(H,25,29)(H,26,27). The minimum Gasteiger partial charge on any atom is -0.497 e. The Labute approximate surface area is 184 Å². The van der Waals surface area contributed by atoms with Crippen LogP contribution in [0.4, 0.5) is 11.4 Å². The van der Waals surface area contributed by atoms with Gasteiger partial charge in [0.2, 0.25) is 5.91 Å². The van der Waals surface area contributed by atoms with Crippen LogP contribution in [-0.4, -0.2) is 31.4 Å². The molecule has 3 aromatic rings. The second kappa shape index (κ2) is 10.9. The van der Waals surface area contributed by atoms with Crippen molar-refractivity contribution in [2.75, 3.05) is 24.3 Å². The minimum absolute atomic E-state index is 0.152. The van der Waals surface area contributed by atoms with E-state index >= 15 is 0 Å². The molecule has 3 amide bonds. The average molecular weight is 438 g/mol. The van der Waals surface area contributed by atoms with Crippen molar-refractivity contribution in [3.63, 3.8) is 0 Å². The van der Waals surface area contributed by atoms with Gasteiger partial charge in [0, 0.05) is 35.7 Å². The number of ether oxygens (including phenoxy) is 1. The molecule has 0 aliphatic rings. The number of carbonyl (C=O) groups is 3. The SMILES string of the molecule is COc1cccc(NC(=O)c2ccccc2NC(=O)CCCNC(=O)c2ccsc2)c1. The summed E-state index contributed by atoms with van der Waals surface area (Å²) in [4.78, 5) is 36.9. The van der Waals surface area contributed by atoms with Gasteiger partial charge in [0.05, 0.1) is 18.4 Å². The summed E-state index contributed by atoms with van der Waals surface area (Å²) in [6, 6.07) is 15.6. The molecule has 1 heterocycles. The van der Waals surface area contributed by atoms with Crippen LogP contribution >= 0.6 is 11.3 Å². The van der Waals surface area contributed by atoms with E-state index < -0.39 is 0 Å². The average Bonchev–Trinajstić information content (AvgIpc) is 3.32. The Balaban J connectivity index is 1.52. The zero-order valence-electron chi connectivity index (χ0n) is 17.0. The highest BCUT2D eigenvalue weighted by molar-refractivity contribution is 7.08. The summed E-state index contributed by atoms with van der Waals surface area (Å²) in [6.07, 6.45) is 0.704. The van der Waals surface area contributed by atoms with E-state index in [1.807, 2.05) is 5.38 Å². The molecule has 0 fully saturated rings. The first-order valence-electron chi connectivity index (χ1n) is 9.71. The summed E-state index contributed by atoms with van der Waals surface area (Å²) in [5, 5.41) is 12.0. The zero-order chi connectivity index (χ0) is 22.1. The van der Waals surface area contributed by atoms with E-state index in [4.69, 9.17) is 4.74 Å². The smallest absolute Gasteiger partial charge is 0.257 e. The molecule has 3 N–H and O–H groups in total. The molecular weight excluding hydrogens is 414 g/mol. The van der Waals surface area contributed by atoms with Gasteiger partial charge in [-0.25, -0.2) is 0 Å². The third kappa shape index (κ3) is 6.42. The Kier molecular flexibility index (Phi) is 7.78. The third-order valence-corrected chi connectivity index (χ3v) is 5.11. The summed E-state index contributed by atoms with van der Waals surface area (Å²) < 4.78 is 5.17. The van der Waals surface area contributed by atoms with Gasteiger partial charge < -0.3 is 20.7 Å². The summed E-state index contributed by atoms with van der Waals surface area (Å²) in [5.41, 5.74) is 1.98. The topological polar surface area (TPSA) is 96.5 Å². The van der Waals surface area contributed by atoms with Gasteiger partial charge in [-0.2, -0.15) is 11.3 Å². The predicted octanol–water partition coefficient (Wildman–Crippen LogP) is 4.16. The van der Waals surface area contributed by atoms with Crippen molar-refractivity contribution in [2.45, 2.75) is 12.8 Å². The maximum absolute atomic E-state index is 12.7. The molecule has 1 aromatic heterocycles. The molecule has 8 heteroatoms. The molecular formula is C23H23N3O4S. The molecule has 160 valence electrons. The molecule has 2 aromatic carbocycles. The molecule has 3 rings (SSSR count). The predicted molar refractivity (Wildman–Crippen MR) is 122 cm³/mol. The molecule has 7 nitrogen and oxygen atoms in total. The van der Waals surface area contributed by atoms with Gasteiger partial charge in [-0.05, 0) is 42.1 Å². The van der Waals surface area contributed by atoms with Crippen LogP contribution in [0.15, 0.2) is 65.4 Å². The highest BCUT2D eigenvalue weighted by atomic mass is 32.1. The van der Waals surface area contributed by atoms with Gasteiger partial charge in [-0.1, -0.05) is 18.2 Å². The molecule has 0 saturated heterocycles. The number of anilines is 2. The van der Waals surface area contributed by atoms with E-state index in [1.165, 1.54) is 11.3 Å². The first kappa shape index (κ1) is 22.0. The van der Waals surface area contributed by atoms with Gasteiger partial charge in [0.15, 0.2) is 0 Å². The summed E-state index contributed by atoms with van der Waals surface area (Å²) in [5.74, 6) is -0.0923. The van der Waals surface area contributed by atoms with Crippen molar-refractivity contribution in [1.82, 2.24) is 5.32 Å². The van der Waals surface area contributed by atoms with E-state index in [1.54, 1.807) is 67.1 Å². The second-order valence-corrected chi connectivity index (χ2v) is 7.43. The van der Waals surface area contributed by atoms with Crippen molar-refractivity contribution in [2.24, 2.45) is 0 Å². The quantitative estimate of drug-likeness (QED) is 0.438. The maximum Gasteiger partial charge on any atom is 0.257 e. The van der Waals surface area contributed by atoms with E-state index in [2.05, 4.69) is 16.0 Å². The molecule has 31 heavy (non-hydrogen) atoms. The molecule has 0 atom stereocenters. The number of thiophene rings is 1. The van der Waals surface area contributed by atoms with Crippen LogP contribution in [0.3, 0.4) is 0 Å². The lowest BCUT2D eigenvalue weighted by Gasteiger charge is -2.12. The molecule has 0 aliphatic heterocycles. The Hall–Kier alpha value is -3.65. The third-order valence-electron chi connectivity index (χ3n) is 4.42. The molecule has 0 unspecified atom stereocenters. The number of methoxy groups -OCH3 is 1. The number of para-hydroxylation sites is 1. The van der Waals surface area contributed by atoms with Crippen molar-refractivity contribution in [1.29, 1.82) is 0 Å². The molecule has 0 aliphatic carbocycles. The number of hydrogen-bond donors (Lipinski definition) is 3. The summed E-state index contributed by atoms with van der Waals surface area (Å²) >= 11 is 1.46. The lowest BCUT2D eigenvalue weighted by molar-refractivity contribution is -0.116. The fraction of sp³-hybridized carbons (Fsp3) is 0.174. The largest absolute Gasteiger partial charge is 0.497 e. The minimum atomic E-state index is -0.341. The van der Waals surface area contributed by atoms with Crippen LogP contribution in [0.1, 0.15) is 33.6 Å². The van der Waals surface area contributed by atoms with Gasteiger partial charge in [0.25, 0.3) is 11.8 Å². The monoisotopic (exact) mass is 437 g/mol. The van der Waals surface area contributed by atoms with Gasteiger partial charge >= 0.3 is 0 Å². The molecule has 0 spiro atoms. The van der Waals surface area contributed by atoms with Crippen LogP contribution in [0.25, 0.3) is 0 Å². The molecule has 0 saturated carbocycles. The van der Waals surface area contributed by atoms with Crippen molar-refractivity contribution in [3.8, 4) is 5.75 Å². The van der Waals surface area contributed by atoms with Crippen LogP contribution in [0.5, 0.6) is 5.75 Å². The van der Waals surface area contributed by atoms with E-state index in [0.717, 1.165) is 0 Å². The molecule has 0 bridgehead atoms. The lowest BCUT2D eigenvalue weighted by Crippen LogP contribution is -2.25. The highest BCUT2D eigenvalue weighted by Crippen LogP contribution is 2.20. The molecule has 0 radical (unpaired) electrons. The summed E-state index contributed by atoms with van der Waals surface area (Å²) in [6.45, 7) is 0.389. The number of nitrogens with one attached hydrogen (secondary N) is 3. The number of hydrogen-bond acceptors (Lipinski definition) is 5. The Morgan fingerprint density at radius 2 is 1.81 bits per heavy atom. The second-order valence-electron chi connectivity index (χ2n) is 6.65. The van der Waals surface area contributed by atoms with Crippen LogP contribution in [0.2, 0.25) is 0 Å². The number of benzene rings is 2. The van der Waals surface area contributed by atoms with Gasteiger partial charge in [-0.15, -0.1) is 0 Å². The highest BCUT2D eigenvalue weighted by Gasteiger charge is 2.14. The maximum atomic E-state index is 12.7. The number of carbonyl (C=O) groups excluding carboxylic acids is 3. The fourth-order valence-electron chi connectivity index (χ4n) is 2.85. The number of amides is 3. The Morgan fingerprint density at radius 3 is 2.58 bits per heavy atom. The summed E-state index contributed by atoms with van der Waals surface area (Å²) in [7, 11) is 1.55. The van der Waals surface area contributed by atoms with Crippen molar-refractivity contribution < 1.29 is 19.1 Å². The van der Waals surface area contributed by atoms with Crippen LogP contribution in [0, 0.1) is 0 Å². The lowest BCUT2D eigenvalue weighted by atomic mass is 10.1. The number of rotatable bonds is 9. The van der Waals surface area contributed by atoms with E-state index in [-0.39, 0.29) is 24.1 Å². The van der Waals surface area contributed by atoms with Gasteiger partial charge in [0.1, 0.15) is 5.75 Å². The van der Waals surface area contributed by atoms with Crippen molar-refractivity contribution >= 4 is 40.4 Å². The van der Waals surface area contributed by atoms with Gasteiger partial charge in [-0.3, -0.25) is 14.4 Å². The van der Waals surface area contributed by atoms with Crippen LogP contribution in [-0.2, 0) is 4.79 Å². The van der Waals surface area contributed by atoms with E-state index in [9.17, 15) is 14.4 Å². The first-order valence-corrected chi connectivity index (χ1v) is 10.7. The first-order chi connectivity index (χ1) is 15.1.